The van der Waals surface area contributed by atoms with Crippen LogP contribution in [-0.2, 0) is 10.3 Å². The number of methoxy groups -OCH3 is 1. The maximum atomic E-state index is 14.6. The lowest BCUT2D eigenvalue weighted by Crippen LogP contribution is -2.50. The number of nitrogens with one attached hydrogen (secondary N) is 3. The minimum absolute atomic E-state index is 0.0143. The zero-order valence-electron chi connectivity index (χ0n) is 18.0. The fourth-order valence-electron chi connectivity index (χ4n) is 4.24. The van der Waals surface area contributed by atoms with Crippen LogP contribution in [0.4, 0.5) is 13.6 Å². The Hall–Kier alpha value is -3.69. The van der Waals surface area contributed by atoms with Crippen molar-refractivity contribution in [1.29, 1.82) is 0 Å². The van der Waals surface area contributed by atoms with Crippen molar-refractivity contribution in [1.82, 2.24) is 20.9 Å². The Balaban J connectivity index is 1.35. The van der Waals surface area contributed by atoms with Gasteiger partial charge in [0.2, 0.25) is 11.8 Å². The molecule has 2 aromatic carbocycles. The average molecular weight is 456 g/mol. The lowest BCUT2D eigenvalue weighted by atomic mass is 9.93. The summed E-state index contributed by atoms with van der Waals surface area (Å²) in [5.41, 5.74) is 1.27. The molecule has 1 saturated carbocycles. The maximum absolute atomic E-state index is 14.6. The molecular formula is C23H22F2N4O4. The van der Waals surface area contributed by atoms with E-state index in [4.69, 9.17) is 9.15 Å². The van der Waals surface area contributed by atoms with Crippen molar-refractivity contribution in [3.8, 4) is 5.75 Å². The van der Waals surface area contributed by atoms with Crippen LogP contribution in [0, 0.1) is 18.6 Å². The van der Waals surface area contributed by atoms with E-state index in [-0.39, 0.29) is 17.9 Å². The van der Waals surface area contributed by atoms with Crippen LogP contribution in [0.3, 0.4) is 0 Å². The normalized spacial score (nSPS) is 21.0. The highest BCUT2D eigenvalue weighted by atomic mass is 19.1. The summed E-state index contributed by atoms with van der Waals surface area (Å²) in [5.74, 6) is -2.72. The number of aryl methyl sites for hydroxylation is 1. The van der Waals surface area contributed by atoms with Gasteiger partial charge in [-0.25, -0.2) is 18.6 Å². The Labute approximate surface area is 187 Å². The second kappa shape index (κ2) is 7.72. The summed E-state index contributed by atoms with van der Waals surface area (Å²) in [6.45, 7) is 1.93. The molecular weight excluding hydrogens is 434 g/mol. The van der Waals surface area contributed by atoms with Crippen LogP contribution in [0.15, 0.2) is 34.7 Å². The van der Waals surface area contributed by atoms with Crippen LogP contribution in [0.25, 0.3) is 11.1 Å². The SMILES string of the molecule is COc1cc(F)c([C@@H]2CNC(=O)[C@H]2NC(=O)NC2(c3nc4ccc(C)cc4o3)CC2)c(F)c1. The van der Waals surface area contributed by atoms with Crippen molar-refractivity contribution in [2.45, 2.75) is 37.3 Å². The molecule has 3 aromatic rings. The van der Waals surface area contributed by atoms with Gasteiger partial charge in [0, 0.05) is 30.2 Å². The Morgan fingerprint density at radius 1 is 1.24 bits per heavy atom. The van der Waals surface area contributed by atoms with Crippen LogP contribution in [0.1, 0.15) is 35.8 Å². The van der Waals surface area contributed by atoms with Crippen molar-refractivity contribution < 1.29 is 27.5 Å². The van der Waals surface area contributed by atoms with Gasteiger partial charge in [0.15, 0.2) is 5.58 Å². The number of hydrogen-bond donors (Lipinski definition) is 3. The van der Waals surface area contributed by atoms with Gasteiger partial charge in [-0.2, -0.15) is 0 Å². The third-order valence-electron chi connectivity index (χ3n) is 6.18. The van der Waals surface area contributed by atoms with Crippen molar-refractivity contribution in [3.05, 3.63) is 59.0 Å². The predicted octanol–water partition coefficient (Wildman–Crippen LogP) is 2.99. The van der Waals surface area contributed by atoms with E-state index in [0.29, 0.717) is 29.8 Å². The number of oxazole rings is 1. The van der Waals surface area contributed by atoms with Crippen LogP contribution in [0.5, 0.6) is 5.75 Å². The van der Waals surface area contributed by atoms with E-state index in [9.17, 15) is 18.4 Å². The third-order valence-corrected chi connectivity index (χ3v) is 6.18. The number of carbonyl (C=O) groups excluding carboxylic acids is 2. The van der Waals surface area contributed by atoms with E-state index in [0.717, 1.165) is 17.7 Å². The molecule has 0 spiro atoms. The first-order valence-electron chi connectivity index (χ1n) is 10.6. The lowest BCUT2D eigenvalue weighted by molar-refractivity contribution is -0.120. The molecule has 1 saturated heterocycles. The molecule has 2 aliphatic rings. The highest BCUT2D eigenvalue weighted by Crippen LogP contribution is 2.46. The lowest BCUT2D eigenvalue weighted by Gasteiger charge is -2.22. The maximum Gasteiger partial charge on any atom is 0.316 e. The first-order valence-corrected chi connectivity index (χ1v) is 10.6. The number of benzene rings is 2. The zero-order valence-corrected chi connectivity index (χ0v) is 18.0. The number of amides is 3. The third kappa shape index (κ3) is 3.75. The molecule has 0 unspecified atom stereocenters. The smallest absolute Gasteiger partial charge is 0.316 e. The standard InChI is InChI=1S/C23H22F2N4O4/c1-11-3-4-16-17(7-11)33-21(27-16)23(5-6-23)29-22(31)28-19-13(10-26-20(19)30)18-14(24)8-12(32-2)9-15(18)25/h3-4,7-9,13,19H,5-6,10H2,1-2H3,(H,26,30)(H2,28,29,31)/t13-,19-/m0/s1. The van der Waals surface area contributed by atoms with Gasteiger partial charge in [0.25, 0.3) is 0 Å². The molecule has 1 aromatic heterocycles. The summed E-state index contributed by atoms with van der Waals surface area (Å²) in [6.07, 6.45) is 1.24. The monoisotopic (exact) mass is 456 g/mol. The van der Waals surface area contributed by atoms with Crippen molar-refractivity contribution in [3.63, 3.8) is 0 Å². The molecule has 33 heavy (non-hydrogen) atoms. The molecule has 2 fully saturated rings. The number of rotatable bonds is 5. The topological polar surface area (TPSA) is 105 Å². The quantitative estimate of drug-likeness (QED) is 0.548. The van der Waals surface area contributed by atoms with Crippen molar-refractivity contribution in [2.24, 2.45) is 0 Å². The molecule has 3 N–H and O–H groups in total. The van der Waals surface area contributed by atoms with Gasteiger partial charge < -0.3 is 25.1 Å². The molecule has 3 amide bonds. The molecule has 172 valence electrons. The molecule has 2 heterocycles. The van der Waals surface area contributed by atoms with Crippen LogP contribution in [0.2, 0.25) is 0 Å². The largest absolute Gasteiger partial charge is 0.497 e. The molecule has 1 aliphatic heterocycles. The van der Waals surface area contributed by atoms with Gasteiger partial charge >= 0.3 is 6.03 Å². The molecule has 1 aliphatic carbocycles. The van der Waals surface area contributed by atoms with E-state index in [1.807, 2.05) is 25.1 Å². The minimum atomic E-state index is -1.15. The van der Waals surface area contributed by atoms with E-state index in [1.165, 1.54) is 7.11 Å². The molecule has 8 nitrogen and oxygen atoms in total. The highest BCUT2D eigenvalue weighted by molar-refractivity contribution is 5.90. The Morgan fingerprint density at radius 2 is 1.97 bits per heavy atom. The first-order chi connectivity index (χ1) is 15.8. The van der Waals surface area contributed by atoms with Gasteiger partial charge in [0.1, 0.15) is 34.5 Å². The van der Waals surface area contributed by atoms with E-state index in [2.05, 4.69) is 20.9 Å². The van der Waals surface area contributed by atoms with Crippen molar-refractivity contribution in [2.75, 3.05) is 13.7 Å². The number of carbonyl (C=O) groups is 2. The minimum Gasteiger partial charge on any atom is -0.497 e. The second-order valence-electron chi connectivity index (χ2n) is 8.50. The zero-order chi connectivity index (χ0) is 23.3. The fourth-order valence-corrected chi connectivity index (χ4v) is 4.24. The van der Waals surface area contributed by atoms with E-state index in [1.54, 1.807) is 0 Å². The van der Waals surface area contributed by atoms with Gasteiger partial charge in [-0.15, -0.1) is 0 Å². The number of halogens is 2. The van der Waals surface area contributed by atoms with Gasteiger partial charge in [-0.05, 0) is 37.5 Å². The summed E-state index contributed by atoms with van der Waals surface area (Å²) in [4.78, 5) is 29.7. The Bertz CT molecular complexity index is 1250. The number of urea groups is 1. The van der Waals surface area contributed by atoms with E-state index >= 15 is 0 Å². The summed E-state index contributed by atoms with van der Waals surface area (Å²) in [6, 6.07) is 5.94. The molecule has 0 radical (unpaired) electrons. The number of fused-ring (bicyclic) bond motifs is 1. The molecule has 2 atom stereocenters. The van der Waals surface area contributed by atoms with E-state index < -0.39 is 41.1 Å². The molecule has 5 rings (SSSR count). The van der Waals surface area contributed by atoms with Crippen LogP contribution in [-0.4, -0.2) is 36.6 Å². The predicted molar refractivity (Wildman–Crippen MR) is 114 cm³/mol. The van der Waals surface area contributed by atoms with Crippen molar-refractivity contribution >= 4 is 23.0 Å². The number of aromatic nitrogens is 1. The van der Waals surface area contributed by atoms with Gasteiger partial charge in [-0.3, -0.25) is 4.79 Å². The molecule has 10 heteroatoms. The summed E-state index contributed by atoms with van der Waals surface area (Å²) >= 11 is 0. The highest BCUT2D eigenvalue weighted by Gasteiger charge is 2.51. The average Bonchev–Trinajstić information content (AvgIpc) is 3.28. The second-order valence-corrected chi connectivity index (χ2v) is 8.50. The molecule has 0 bridgehead atoms. The van der Waals surface area contributed by atoms with Gasteiger partial charge in [0.05, 0.1) is 7.11 Å². The van der Waals surface area contributed by atoms with Gasteiger partial charge in [-0.1, -0.05) is 6.07 Å². The fraction of sp³-hybridized carbons (Fsp3) is 0.348. The van der Waals surface area contributed by atoms with Crippen LogP contribution < -0.4 is 20.7 Å². The summed E-state index contributed by atoms with van der Waals surface area (Å²) in [5, 5.41) is 7.97. The summed E-state index contributed by atoms with van der Waals surface area (Å²) < 4.78 is 40.0. The first kappa shape index (κ1) is 21.2. The Kier molecular flexibility index (Phi) is 4.95. The number of hydrogen-bond acceptors (Lipinski definition) is 5. The number of ether oxygens (including phenoxy) is 1. The summed E-state index contributed by atoms with van der Waals surface area (Å²) in [7, 11) is 1.30. The number of nitrogens with zero attached hydrogens (tertiary/aromatic N) is 1. The van der Waals surface area contributed by atoms with Crippen LogP contribution >= 0.6 is 0 Å². The Morgan fingerprint density at radius 3 is 2.64 bits per heavy atom.